The van der Waals surface area contributed by atoms with E-state index in [4.69, 9.17) is 17.0 Å². The van der Waals surface area contributed by atoms with Gasteiger partial charge in [0.25, 0.3) is 0 Å². The zero-order valence-corrected chi connectivity index (χ0v) is 31.7. The van der Waals surface area contributed by atoms with Crippen molar-refractivity contribution in [1.29, 1.82) is 0 Å². The maximum atomic E-state index is 14.2. The van der Waals surface area contributed by atoms with Gasteiger partial charge in [-0.05, 0) is 0 Å². The molecule has 0 saturated heterocycles. The van der Waals surface area contributed by atoms with Gasteiger partial charge in [-0.25, -0.2) is 0 Å². The quantitative estimate of drug-likeness (QED) is 0.111. The molecule has 0 N–H and O–H groups in total. The molecule has 0 amide bonds. The molecule has 49 heavy (non-hydrogen) atoms. The number of hydrogen-bond donors (Lipinski definition) is 0. The molecule has 0 nitrogen and oxygen atoms in total. The summed E-state index contributed by atoms with van der Waals surface area (Å²) < 4.78 is 85.6. The van der Waals surface area contributed by atoms with Crippen molar-refractivity contribution >= 4 is 46.3 Å². The number of halogens is 8. The fraction of sp³-hybridized carbons (Fsp3) is 0.179. The van der Waals surface area contributed by atoms with Gasteiger partial charge in [-0.1, -0.05) is 0 Å². The van der Waals surface area contributed by atoms with Crippen molar-refractivity contribution in [3.63, 3.8) is 0 Å². The summed E-state index contributed by atoms with van der Waals surface area (Å²) in [5.74, 6) is 0. The normalized spacial score (nSPS) is 16.0. The van der Waals surface area contributed by atoms with E-state index in [1.54, 1.807) is 30.3 Å². The van der Waals surface area contributed by atoms with Gasteiger partial charge in [0, 0.05) is 0 Å². The van der Waals surface area contributed by atoms with E-state index in [1.807, 2.05) is 42.5 Å². The van der Waals surface area contributed by atoms with Crippen LogP contribution >= 0.6 is 17.0 Å². The second-order valence-electron chi connectivity index (χ2n) is 12.7. The molecule has 250 valence electrons. The van der Waals surface area contributed by atoms with E-state index in [2.05, 4.69) is 25.1 Å². The van der Waals surface area contributed by atoms with E-state index in [-0.39, 0.29) is 15.3 Å². The summed E-state index contributed by atoms with van der Waals surface area (Å²) in [6, 6.07) is 29.1. The Bertz CT molecular complexity index is 2070. The number of benzene rings is 5. The van der Waals surface area contributed by atoms with Crippen LogP contribution in [0.4, 0.5) is 26.3 Å². The second-order valence-corrected chi connectivity index (χ2v) is 28.5. The summed E-state index contributed by atoms with van der Waals surface area (Å²) in [6.07, 6.45) is -5.63. The molecule has 1 atom stereocenters. The van der Waals surface area contributed by atoms with Gasteiger partial charge in [0.1, 0.15) is 0 Å². The van der Waals surface area contributed by atoms with Crippen LogP contribution in [0.5, 0.6) is 0 Å². The summed E-state index contributed by atoms with van der Waals surface area (Å²) in [4.78, 5) is 0. The van der Waals surface area contributed by atoms with Crippen molar-refractivity contribution < 1.29 is 44.2 Å². The molecule has 0 spiro atoms. The van der Waals surface area contributed by atoms with Crippen LogP contribution in [0.3, 0.4) is 0 Å². The number of rotatable bonds is 7. The Hall–Kier alpha value is -2.90. The van der Waals surface area contributed by atoms with Gasteiger partial charge >= 0.3 is 297 Å². The van der Waals surface area contributed by atoms with E-state index in [1.165, 1.54) is 15.9 Å². The SMILES string of the molecule is CCCCC1=Cc2c(ccc(-c3ccccc3)c2-c2cc(C(F)(F)F)cc(C(F)(F)F)c2)[CH]1[Zr]([Cl])([Cl])[c]1cccc2c1[SiH2]c1ccccc1-2. The summed E-state index contributed by atoms with van der Waals surface area (Å²) >= 11 is -4.48. The van der Waals surface area contributed by atoms with Crippen molar-refractivity contribution in [1.82, 2.24) is 0 Å². The molecule has 0 bridgehead atoms. The molecule has 10 heteroatoms. The second kappa shape index (κ2) is 13.0. The van der Waals surface area contributed by atoms with E-state index >= 15 is 0 Å². The first-order valence-corrected chi connectivity index (χ1v) is 26.5. The Balaban J connectivity index is 1.48. The summed E-state index contributed by atoms with van der Waals surface area (Å²) in [5, 5.41) is 2.57. The van der Waals surface area contributed by atoms with Crippen LogP contribution in [0.2, 0.25) is 0 Å². The topological polar surface area (TPSA) is 0 Å². The average Bonchev–Trinajstić information content (AvgIpc) is 3.65. The molecule has 0 radical (unpaired) electrons. The third-order valence-electron chi connectivity index (χ3n) is 9.64. The Morgan fingerprint density at radius 3 is 2.02 bits per heavy atom. The van der Waals surface area contributed by atoms with Crippen molar-refractivity contribution in [3.05, 3.63) is 131 Å². The Labute approximate surface area is 295 Å². The van der Waals surface area contributed by atoms with Crippen LogP contribution < -0.4 is 13.6 Å². The van der Waals surface area contributed by atoms with Crippen LogP contribution in [0.25, 0.3) is 39.5 Å². The molecule has 0 saturated carbocycles. The standard InChI is InChI=1S/C27H21F6.C12H9Si.2ClH.Zr/c1-2-3-7-17-12-19-10-11-23(18-8-5-4-6-9-18)25(24(19)13-17)20-14-21(26(28,29)30)16-22(15-20)27(31,32)33;1-3-7-11-9(5-1)10-6-2-4-8-12(10)13-11;;;/h4-6,8-16H,2-3,7H2,1H3;1-7H,13H2;2*1H;/q;;;;+2/p-2. The zero-order chi connectivity index (χ0) is 34.7. The maximum absolute atomic E-state index is 14.2. The number of allylic oxidation sites excluding steroid dienone is 1. The molecule has 1 heterocycles. The number of hydrogen-bond acceptors (Lipinski definition) is 0. The molecular weight excluding hydrogens is 773 g/mol. The molecule has 1 unspecified atom stereocenters. The van der Waals surface area contributed by atoms with Gasteiger partial charge in [0.2, 0.25) is 0 Å². The first kappa shape index (κ1) is 34.5. The van der Waals surface area contributed by atoms with Crippen LogP contribution in [0.15, 0.2) is 109 Å². The van der Waals surface area contributed by atoms with Crippen molar-refractivity contribution in [3.8, 4) is 33.4 Å². The predicted octanol–water partition coefficient (Wildman–Crippen LogP) is 10.6. The van der Waals surface area contributed by atoms with Crippen molar-refractivity contribution in [2.24, 2.45) is 0 Å². The molecule has 0 aromatic heterocycles. The minimum absolute atomic E-state index is 0.155. The minimum atomic E-state index is -4.99. The third-order valence-corrected chi connectivity index (χ3v) is 24.0. The summed E-state index contributed by atoms with van der Waals surface area (Å²) in [6.45, 7) is 2.07. The van der Waals surface area contributed by atoms with Crippen LogP contribution in [0.1, 0.15) is 52.1 Å². The molecular formula is C39H30Cl2F6SiZr. The van der Waals surface area contributed by atoms with E-state index in [9.17, 15) is 26.3 Å². The molecule has 5 aromatic carbocycles. The third kappa shape index (κ3) is 6.32. The molecule has 2 aliphatic rings. The molecule has 5 aromatic rings. The summed E-state index contributed by atoms with van der Waals surface area (Å²) in [5.41, 5.74) is 3.35. The molecule has 1 aliphatic carbocycles. The molecule has 0 fully saturated rings. The van der Waals surface area contributed by atoms with E-state index < -0.39 is 50.9 Å². The monoisotopic (exact) mass is 800 g/mol. The Kier molecular flexibility index (Phi) is 9.17. The Morgan fingerprint density at radius 1 is 0.694 bits per heavy atom. The Morgan fingerprint density at radius 2 is 1.35 bits per heavy atom. The average molecular weight is 803 g/mol. The van der Waals surface area contributed by atoms with Gasteiger partial charge in [-0.2, -0.15) is 0 Å². The number of fused-ring (bicyclic) bond motifs is 4. The van der Waals surface area contributed by atoms with Crippen LogP contribution in [-0.4, -0.2) is 9.52 Å². The molecule has 1 aliphatic heterocycles. The fourth-order valence-corrected chi connectivity index (χ4v) is 24.3. The number of alkyl halides is 6. The van der Waals surface area contributed by atoms with Crippen LogP contribution in [0, 0.1) is 0 Å². The fourth-order valence-electron chi connectivity index (χ4n) is 7.43. The summed E-state index contributed by atoms with van der Waals surface area (Å²) in [7, 11) is 14.7. The van der Waals surface area contributed by atoms with Gasteiger partial charge in [-0.15, -0.1) is 0 Å². The van der Waals surface area contributed by atoms with Crippen LogP contribution in [-0.2, 0) is 30.2 Å². The first-order chi connectivity index (χ1) is 23.3. The molecule has 7 rings (SSSR count). The van der Waals surface area contributed by atoms with E-state index in [0.717, 1.165) is 44.9 Å². The van der Waals surface area contributed by atoms with Crippen molar-refractivity contribution in [2.75, 3.05) is 0 Å². The first-order valence-electron chi connectivity index (χ1n) is 16.1. The van der Waals surface area contributed by atoms with Crippen molar-refractivity contribution in [2.45, 2.75) is 42.2 Å². The predicted molar refractivity (Wildman–Crippen MR) is 189 cm³/mol. The van der Waals surface area contributed by atoms with Gasteiger partial charge in [0.05, 0.1) is 0 Å². The van der Waals surface area contributed by atoms with E-state index in [0.29, 0.717) is 28.7 Å². The number of unbranched alkanes of at least 4 members (excludes halogenated alkanes) is 1. The van der Waals surface area contributed by atoms with Gasteiger partial charge < -0.3 is 0 Å². The van der Waals surface area contributed by atoms with Gasteiger partial charge in [-0.3, -0.25) is 0 Å². The van der Waals surface area contributed by atoms with Gasteiger partial charge in [0.15, 0.2) is 0 Å². The zero-order valence-electron chi connectivity index (χ0n) is 26.3.